The fourth-order valence-electron chi connectivity index (χ4n) is 2.02. The third-order valence-corrected chi connectivity index (χ3v) is 5.77. The quantitative estimate of drug-likeness (QED) is 0.893. The van der Waals surface area contributed by atoms with Gasteiger partial charge in [-0.25, -0.2) is 12.8 Å². The topological polar surface area (TPSA) is 63.4 Å². The number of halogens is 2. The molecule has 1 saturated heterocycles. The minimum atomic E-state index is -3.60. The van der Waals surface area contributed by atoms with Crippen LogP contribution in [0.2, 0.25) is 0 Å². The van der Waals surface area contributed by atoms with Gasteiger partial charge in [-0.1, -0.05) is 0 Å². The van der Waals surface area contributed by atoms with E-state index in [-0.39, 0.29) is 15.4 Å². The first-order valence-electron chi connectivity index (χ1n) is 5.62. The fourth-order valence-corrected chi connectivity index (χ4v) is 4.56. The van der Waals surface area contributed by atoms with E-state index in [1.807, 2.05) is 0 Å². The first-order chi connectivity index (χ1) is 8.41. The summed E-state index contributed by atoms with van der Waals surface area (Å²) in [6.45, 7) is 0.770. The van der Waals surface area contributed by atoms with Crippen LogP contribution in [-0.4, -0.2) is 31.9 Å². The third-order valence-electron chi connectivity index (χ3n) is 2.93. The molecule has 7 heteroatoms. The van der Waals surface area contributed by atoms with Crippen LogP contribution in [0.3, 0.4) is 0 Å². The summed E-state index contributed by atoms with van der Waals surface area (Å²) in [6, 6.07) is 3.43. The fraction of sp³-hybridized carbons (Fsp3) is 0.455. The van der Waals surface area contributed by atoms with E-state index in [1.54, 1.807) is 0 Å². The maximum Gasteiger partial charge on any atom is 0.244 e. The smallest absolute Gasteiger partial charge is 0.244 e. The van der Waals surface area contributed by atoms with Gasteiger partial charge in [-0.3, -0.25) is 0 Å². The number of benzene rings is 1. The standard InChI is InChI=1S/C11H14BrFN2O2S/c12-10-6-8(13)3-4-11(10)18(16,17)15-5-1-2-9(14)7-15/h3-4,6,9H,1-2,5,7,14H2. The Morgan fingerprint density at radius 3 is 2.78 bits per heavy atom. The molecule has 1 atom stereocenters. The molecule has 2 rings (SSSR count). The Balaban J connectivity index is 2.35. The summed E-state index contributed by atoms with van der Waals surface area (Å²) in [5.41, 5.74) is 5.78. The lowest BCUT2D eigenvalue weighted by atomic mass is 10.1. The van der Waals surface area contributed by atoms with E-state index >= 15 is 0 Å². The Hall–Kier alpha value is -0.500. The predicted molar refractivity (Wildman–Crippen MR) is 70.1 cm³/mol. The zero-order chi connectivity index (χ0) is 13.3. The molecule has 0 bridgehead atoms. The van der Waals surface area contributed by atoms with Gasteiger partial charge in [0.2, 0.25) is 10.0 Å². The molecule has 0 spiro atoms. The number of hydrogen-bond acceptors (Lipinski definition) is 3. The zero-order valence-corrected chi connectivity index (χ0v) is 12.0. The maximum absolute atomic E-state index is 13.0. The van der Waals surface area contributed by atoms with Crippen molar-refractivity contribution < 1.29 is 12.8 Å². The molecule has 100 valence electrons. The van der Waals surface area contributed by atoms with E-state index in [9.17, 15) is 12.8 Å². The molecule has 2 N–H and O–H groups in total. The lowest BCUT2D eigenvalue weighted by molar-refractivity contribution is 0.316. The Labute approximate surface area is 114 Å². The minimum Gasteiger partial charge on any atom is -0.327 e. The molecule has 18 heavy (non-hydrogen) atoms. The molecule has 0 aliphatic carbocycles. The summed E-state index contributed by atoms with van der Waals surface area (Å²) in [6.07, 6.45) is 1.58. The summed E-state index contributed by atoms with van der Waals surface area (Å²) in [5, 5.41) is 0. The van der Waals surface area contributed by atoms with Crippen LogP contribution in [0.25, 0.3) is 0 Å². The number of hydrogen-bond donors (Lipinski definition) is 1. The van der Waals surface area contributed by atoms with Gasteiger partial charge in [-0.2, -0.15) is 4.31 Å². The highest BCUT2D eigenvalue weighted by Crippen LogP contribution is 2.27. The second-order valence-electron chi connectivity index (χ2n) is 4.34. The highest BCUT2D eigenvalue weighted by Gasteiger charge is 2.30. The van der Waals surface area contributed by atoms with Crippen molar-refractivity contribution in [3.05, 3.63) is 28.5 Å². The normalized spacial score (nSPS) is 22.1. The molecule has 1 unspecified atom stereocenters. The van der Waals surface area contributed by atoms with E-state index in [4.69, 9.17) is 5.73 Å². The molecular formula is C11H14BrFN2O2S. The SMILES string of the molecule is NC1CCCN(S(=O)(=O)c2ccc(F)cc2Br)C1. The highest BCUT2D eigenvalue weighted by molar-refractivity contribution is 9.10. The van der Waals surface area contributed by atoms with Gasteiger partial charge in [-0.15, -0.1) is 0 Å². The van der Waals surface area contributed by atoms with Crippen LogP contribution in [0, 0.1) is 5.82 Å². The maximum atomic E-state index is 13.0. The van der Waals surface area contributed by atoms with Gasteiger partial charge in [0.1, 0.15) is 5.82 Å². The average molecular weight is 337 g/mol. The van der Waals surface area contributed by atoms with Gasteiger partial charge in [0.05, 0.1) is 4.90 Å². The lowest BCUT2D eigenvalue weighted by Crippen LogP contribution is -2.45. The van der Waals surface area contributed by atoms with E-state index in [2.05, 4.69) is 15.9 Å². The van der Waals surface area contributed by atoms with Crippen LogP contribution in [0.15, 0.2) is 27.6 Å². The number of nitrogens with zero attached hydrogens (tertiary/aromatic N) is 1. The Bertz CT molecular complexity index is 550. The van der Waals surface area contributed by atoms with Crippen LogP contribution in [-0.2, 0) is 10.0 Å². The van der Waals surface area contributed by atoms with Crippen molar-refractivity contribution in [2.75, 3.05) is 13.1 Å². The summed E-state index contributed by atoms with van der Waals surface area (Å²) >= 11 is 3.09. The van der Waals surface area contributed by atoms with Crippen molar-refractivity contribution in [1.29, 1.82) is 0 Å². The van der Waals surface area contributed by atoms with E-state index in [0.29, 0.717) is 13.1 Å². The molecule has 1 aromatic rings. The molecule has 1 aliphatic heterocycles. The summed E-state index contributed by atoms with van der Waals surface area (Å²) in [7, 11) is -3.60. The average Bonchev–Trinajstić information content (AvgIpc) is 2.28. The van der Waals surface area contributed by atoms with Crippen LogP contribution < -0.4 is 5.73 Å². The van der Waals surface area contributed by atoms with Crippen molar-refractivity contribution in [1.82, 2.24) is 4.31 Å². The van der Waals surface area contributed by atoms with Gasteiger partial charge >= 0.3 is 0 Å². The number of nitrogens with two attached hydrogens (primary N) is 1. The molecule has 1 heterocycles. The molecule has 0 aromatic heterocycles. The first-order valence-corrected chi connectivity index (χ1v) is 7.85. The minimum absolute atomic E-state index is 0.0815. The molecule has 1 aliphatic rings. The van der Waals surface area contributed by atoms with Crippen molar-refractivity contribution in [2.24, 2.45) is 5.73 Å². The number of rotatable bonds is 2. The monoisotopic (exact) mass is 336 g/mol. The van der Waals surface area contributed by atoms with Crippen LogP contribution in [0.5, 0.6) is 0 Å². The largest absolute Gasteiger partial charge is 0.327 e. The van der Waals surface area contributed by atoms with Gasteiger partial charge in [0, 0.05) is 23.6 Å². The molecule has 1 aromatic carbocycles. The number of sulfonamides is 1. The first kappa shape index (κ1) is 13.9. The Morgan fingerprint density at radius 2 is 2.17 bits per heavy atom. The van der Waals surface area contributed by atoms with Crippen molar-refractivity contribution in [2.45, 2.75) is 23.8 Å². The van der Waals surface area contributed by atoms with Crippen LogP contribution in [0.1, 0.15) is 12.8 Å². The van der Waals surface area contributed by atoms with Gasteiger partial charge < -0.3 is 5.73 Å². The van der Waals surface area contributed by atoms with Gasteiger partial charge in [0.25, 0.3) is 0 Å². The van der Waals surface area contributed by atoms with Crippen molar-refractivity contribution >= 4 is 26.0 Å². The van der Waals surface area contributed by atoms with Gasteiger partial charge in [-0.05, 0) is 47.0 Å². The van der Waals surface area contributed by atoms with Crippen molar-refractivity contribution in [3.63, 3.8) is 0 Å². The Kier molecular flexibility index (Phi) is 4.05. The van der Waals surface area contributed by atoms with E-state index < -0.39 is 15.8 Å². The molecule has 1 fully saturated rings. The lowest BCUT2D eigenvalue weighted by Gasteiger charge is -2.30. The molecule has 4 nitrogen and oxygen atoms in total. The summed E-state index contributed by atoms with van der Waals surface area (Å²) in [4.78, 5) is 0.0815. The summed E-state index contributed by atoms with van der Waals surface area (Å²) in [5.74, 6) is -0.476. The van der Waals surface area contributed by atoms with E-state index in [0.717, 1.165) is 25.0 Å². The number of piperidine rings is 1. The second kappa shape index (κ2) is 5.24. The van der Waals surface area contributed by atoms with Crippen LogP contribution in [0.4, 0.5) is 4.39 Å². The van der Waals surface area contributed by atoms with Crippen LogP contribution >= 0.6 is 15.9 Å². The predicted octanol–water partition coefficient (Wildman–Crippen LogP) is 1.70. The molecule has 0 amide bonds. The molecule has 0 radical (unpaired) electrons. The third kappa shape index (κ3) is 2.74. The summed E-state index contributed by atoms with van der Waals surface area (Å²) < 4.78 is 39.3. The van der Waals surface area contributed by atoms with Crippen molar-refractivity contribution in [3.8, 4) is 0 Å². The highest BCUT2D eigenvalue weighted by atomic mass is 79.9. The second-order valence-corrected chi connectivity index (χ2v) is 7.10. The zero-order valence-electron chi connectivity index (χ0n) is 9.64. The van der Waals surface area contributed by atoms with E-state index in [1.165, 1.54) is 10.4 Å². The van der Waals surface area contributed by atoms with Gasteiger partial charge in [0.15, 0.2) is 0 Å². The molecule has 0 saturated carbocycles. The Morgan fingerprint density at radius 1 is 1.44 bits per heavy atom. The molecular weight excluding hydrogens is 323 g/mol.